The molecular weight excluding hydrogens is 538 g/mol. The molecule has 0 fully saturated rings. The molecule has 10 heteroatoms. The van der Waals surface area contributed by atoms with Crippen LogP contribution in [0.4, 0.5) is 5.69 Å². The van der Waals surface area contributed by atoms with Gasteiger partial charge in [-0.05, 0) is 66.9 Å². The molecule has 0 spiro atoms. The fourth-order valence-corrected chi connectivity index (χ4v) is 5.63. The van der Waals surface area contributed by atoms with E-state index >= 15 is 0 Å². The second kappa shape index (κ2) is 14.0. The van der Waals surface area contributed by atoms with Gasteiger partial charge in [0, 0.05) is 18.1 Å². The third-order valence-electron chi connectivity index (χ3n) is 6.17. The van der Waals surface area contributed by atoms with Crippen LogP contribution in [0.25, 0.3) is 0 Å². The molecule has 39 heavy (non-hydrogen) atoms. The van der Waals surface area contributed by atoms with Gasteiger partial charge in [-0.3, -0.25) is 13.9 Å². The number of halogens is 1. The fraction of sp³-hybridized carbons (Fsp3) is 0.310. The van der Waals surface area contributed by atoms with Crippen LogP contribution in [0.1, 0.15) is 32.3 Å². The zero-order chi connectivity index (χ0) is 28.4. The number of benzene rings is 3. The molecule has 1 atom stereocenters. The number of hydrogen-bond acceptors (Lipinski definition) is 5. The summed E-state index contributed by atoms with van der Waals surface area (Å²) in [6.07, 6.45) is 1.10. The lowest BCUT2D eigenvalue weighted by Gasteiger charge is -2.33. The second-order valence-electron chi connectivity index (χ2n) is 8.89. The van der Waals surface area contributed by atoms with Crippen LogP contribution in [0, 0.1) is 0 Å². The van der Waals surface area contributed by atoms with Gasteiger partial charge >= 0.3 is 0 Å². The molecular formula is C29H34ClN3O5S. The highest BCUT2D eigenvalue weighted by molar-refractivity contribution is 7.92. The summed E-state index contributed by atoms with van der Waals surface area (Å²) >= 11 is 6.06. The number of carbonyl (C=O) groups excluding carboxylic acids is 2. The number of amides is 2. The zero-order valence-corrected chi connectivity index (χ0v) is 23.9. The number of methoxy groups -OCH3 is 1. The summed E-state index contributed by atoms with van der Waals surface area (Å²) in [5, 5.41) is 3.30. The highest BCUT2D eigenvalue weighted by Crippen LogP contribution is 2.26. The maximum atomic E-state index is 14.0. The first-order chi connectivity index (χ1) is 18.7. The highest BCUT2D eigenvalue weighted by Gasteiger charge is 2.33. The monoisotopic (exact) mass is 571 g/mol. The number of sulfonamides is 1. The van der Waals surface area contributed by atoms with Crippen molar-refractivity contribution in [2.24, 2.45) is 0 Å². The van der Waals surface area contributed by atoms with Gasteiger partial charge in [-0.1, -0.05) is 55.8 Å². The number of nitrogens with one attached hydrogen (secondary N) is 1. The van der Waals surface area contributed by atoms with Gasteiger partial charge in [0.2, 0.25) is 11.8 Å². The number of nitrogens with zero attached hydrogens (tertiary/aromatic N) is 2. The van der Waals surface area contributed by atoms with Crippen molar-refractivity contribution in [1.82, 2.24) is 10.2 Å². The van der Waals surface area contributed by atoms with Gasteiger partial charge in [-0.2, -0.15) is 0 Å². The van der Waals surface area contributed by atoms with E-state index in [-0.39, 0.29) is 23.0 Å². The van der Waals surface area contributed by atoms with Crippen LogP contribution < -0.4 is 14.4 Å². The maximum absolute atomic E-state index is 14.0. The van der Waals surface area contributed by atoms with Gasteiger partial charge in [-0.15, -0.1) is 0 Å². The first kappa shape index (κ1) is 30.0. The van der Waals surface area contributed by atoms with Crippen LogP contribution in [-0.4, -0.2) is 51.4 Å². The molecule has 3 aromatic carbocycles. The number of hydrogen-bond donors (Lipinski definition) is 1. The molecule has 0 aliphatic heterocycles. The van der Waals surface area contributed by atoms with Gasteiger partial charge in [0.1, 0.15) is 18.3 Å². The third kappa shape index (κ3) is 7.74. The van der Waals surface area contributed by atoms with Crippen molar-refractivity contribution in [3.63, 3.8) is 0 Å². The molecule has 0 radical (unpaired) electrons. The Morgan fingerprint density at radius 3 is 2.15 bits per heavy atom. The summed E-state index contributed by atoms with van der Waals surface area (Å²) in [6, 6.07) is 20.5. The van der Waals surface area contributed by atoms with Crippen molar-refractivity contribution in [3.05, 3.63) is 89.4 Å². The second-order valence-corrected chi connectivity index (χ2v) is 11.2. The summed E-state index contributed by atoms with van der Waals surface area (Å²) in [5.74, 6) is -0.142. The zero-order valence-electron chi connectivity index (χ0n) is 22.3. The molecule has 1 N–H and O–H groups in total. The van der Waals surface area contributed by atoms with Gasteiger partial charge in [0.05, 0.1) is 17.7 Å². The minimum atomic E-state index is -4.12. The van der Waals surface area contributed by atoms with E-state index in [1.807, 2.05) is 26.0 Å². The van der Waals surface area contributed by atoms with E-state index in [0.717, 1.165) is 16.3 Å². The van der Waals surface area contributed by atoms with E-state index in [0.29, 0.717) is 23.7 Å². The average Bonchev–Trinajstić information content (AvgIpc) is 2.95. The Morgan fingerprint density at radius 2 is 1.59 bits per heavy atom. The predicted molar refractivity (Wildman–Crippen MR) is 153 cm³/mol. The molecule has 0 heterocycles. The topological polar surface area (TPSA) is 96.0 Å². The van der Waals surface area contributed by atoms with E-state index in [2.05, 4.69) is 5.32 Å². The van der Waals surface area contributed by atoms with Crippen LogP contribution in [0.2, 0.25) is 5.02 Å². The maximum Gasteiger partial charge on any atom is 0.264 e. The molecule has 0 saturated heterocycles. The number of ether oxygens (including phenoxy) is 1. The molecule has 0 aliphatic rings. The molecule has 8 nitrogen and oxygen atoms in total. The quantitative estimate of drug-likeness (QED) is 0.315. The average molecular weight is 572 g/mol. The first-order valence-electron chi connectivity index (χ1n) is 12.7. The third-order valence-corrected chi connectivity index (χ3v) is 8.21. The summed E-state index contributed by atoms with van der Waals surface area (Å²) < 4.78 is 33.8. The highest BCUT2D eigenvalue weighted by atomic mass is 35.5. The summed E-state index contributed by atoms with van der Waals surface area (Å²) in [5.41, 5.74) is 1.05. The van der Waals surface area contributed by atoms with Crippen LogP contribution in [0.15, 0.2) is 83.8 Å². The van der Waals surface area contributed by atoms with Crippen molar-refractivity contribution in [2.45, 2.75) is 44.2 Å². The fourth-order valence-electron chi connectivity index (χ4n) is 4.07. The Balaban J connectivity index is 2.02. The number of anilines is 1. The van der Waals surface area contributed by atoms with Crippen molar-refractivity contribution >= 4 is 39.1 Å². The van der Waals surface area contributed by atoms with E-state index in [9.17, 15) is 18.0 Å². The molecule has 0 aromatic heterocycles. The lowest BCUT2D eigenvalue weighted by Crippen LogP contribution is -2.52. The molecule has 0 unspecified atom stereocenters. The Morgan fingerprint density at radius 1 is 0.949 bits per heavy atom. The van der Waals surface area contributed by atoms with Crippen molar-refractivity contribution in [2.75, 3.05) is 24.5 Å². The molecule has 0 aliphatic carbocycles. The molecule has 2 amide bonds. The Kier molecular flexibility index (Phi) is 10.8. The minimum Gasteiger partial charge on any atom is -0.497 e. The lowest BCUT2D eigenvalue weighted by atomic mass is 10.1. The molecule has 0 saturated carbocycles. The van der Waals surface area contributed by atoms with E-state index < -0.39 is 28.5 Å². The van der Waals surface area contributed by atoms with Crippen molar-refractivity contribution in [1.29, 1.82) is 0 Å². The van der Waals surface area contributed by atoms with Crippen LogP contribution in [-0.2, 0) is 26.2 Å². The lowest BCUT2D eigenvalue weighted by molar-refractivity contribution is -0.140. The van der Waals surface area contributed by atoms with Crippen molar-refractivity contribution in [3.8, 4) is 5.75 Å². The van der Waals surface area contributed by atoms with Crippen LogP contribution in [0.5, 0.6) is 5.75 Å². The summed E-state index contributed by atoms with van der Waals surface area (Å²) in [7, 11) is -2.55. The summed E-state index contributed by atoms with van der Waals surface area (Å²) in [4.78, 5) is 28.6. The molecule has 0 bridgehead atoms. The van der Waals surface area contributed by atoms with Gasteiger partial charge in [0.15, 0.2) is 0 Å². The largest absolute Gasteiger partial charge is 0.497 e. The normalized spacial score (nSPS) is 11.9. The van der Waals surface area contributed by atoms with E-state index in [1.54, 1.807) is 61.7 Å². The van der Waals surface area contributed by atoms with Gasteiger partial charge in [-0.25, -0.2) is 8.42 Å². The van der Waals surface area contributed by atoms with Crippen LogP contribution >= 0.6 is 11.6 Å². The number of carbonyl (C=O) groups is 2. The SMILES string of the molecule is CCCNC(=O)[C@@H](CC)N(Cc1ccc(OC)cc1)C(=O)CN(c1ccc(Cl)cc1)S(=O)(=O)c1ccccc1. The Labute approximate surface area is 235 Å². The summed E-state index contributed by atoms with van der Waals surface area (Å²) in [6.45, 7) is 3.84. The van der Waals surface area contributed by atoms with Crippen molar-refractivity contribution < 1.29 is 22.7 Å². The molecule has 3 aromatic rings. The number of rotatable bonds is 13. The van der Waals surface area contributed by atoms with E-state index in [1.165, 1.54) is 17.0 Å². The van der Waals surface area contributed by atoms with Gasteiger partial charge < -0.3 is 15.0 Å². The molecule has 3 rings (SSSR count). The van der Waals surface area contributed by atoms with Gasteiger partial charge in [0.25, 0.3) is 10.0 Å². The van der Waals surface area contributed by atoms with E-state index in [4.69, 9.17) is 16.3 Å². The molecule has 208 valence electrons. The standard InChI is InChI=1S/C29H34ClN3O5S/c1-4-19-31-29(35)27(5-2)32(20-22-11-17-25(38-3)18-12-22)28(34)21-33(24-15-13-23(30)14-16-24)39(36,37)26-9-7-6-8-10-26/h6-18,27H,4-5,19-21H2,1-3H3,(H,31,35)/t27-/m1/s1. The van der Waals surface area contributed by atoms with Crippen LogP contribution in [0.3, 0.4) is 0 Å². The Bertz CT molecular complexity index is 1330. The predicted octanol–water partition coefficient (Wildman–Crippen LogP) is 4.88. The Hall–Kier alpha value is -3.56. The minimum absolute atomic E-state index is 0.0437. The smallest absolute Gasteiger partial charge is 0.264 e. The first-order valence-corrected chi connectivity index (χ1v) is 14.6.